The monoisotopic (exact) mass is 533 g/mol. The van der Waals surface area contributed by atoms with E-state index in [1.54, 1.807) is 0 Å². The van der Waals surface area contributed by atoms with Crippen LogP contribution in [0.5, 0.6) is 0 Å². The van der Waals surface area contributed by atoms with Crippen molar-refractivity contribution in [2.45, 2.75) is 120 Å². The summed E-state index contributed by atoms with van der Waals surface area (Å²) in [5.74, 6) is -1.31. The maximum Gasteiger partial charge on any atom is 0.306 e. The van der Waals surface area contributed by atoms with Gasteiger partial charge in [-0.15, -0.1) is 0 Å². The molecule has 13 heteroatoms. The lowest BCUT2D eigenvalue weighted by molar-refractivity contribution is -0.201. The van der Waals surface area contributed by atoms with Crippen molar-refractivity contribution < 1.29 is 36.0 Å². The predicted octanol–water partition coefficient (Wildman–Crippen LogP) is 4.18. The molecule has 0 amide bonds. The Morgan fingerprint density at radius 3 is 2.34 bits per heavy atom. The van der Waals surface area contributed by atoms with E-state index in [-0.39, 0.29) is 24.0 Å². The zero-order chi connectivity index (χ0) is 26.1. The summed E-state index contributed by atoms with van der Waals surface area (Å²) < 4.78 is 54.8. The molecular weight excluding hydrogens is 494 g/mol. The highest BCUT2D eigenvalue weighted by Gasteiger charge is 2.56. The lowest BCUT2D eigenvalue weighted by Crippen LogP contribution is -2.51. The van der Waals surface area contributed by atoms with Gasteiger partial charge in [-0.1, -0.05) is 32.3 Å². The van der Waals surface area contributed by atoms with Gasteiger partial charge in [0.1, 0.15) is 30.5 Å². The fourth-order valence-electron chi connectivity index (χ4n) is 4.64. The van der Waals surface area contributed by atoms with Crippen molar-refractivity contribution in [3.8, 4) is 0 Å². The molecule has 0 bridgehead atoms. The van der Waals surface area contributed by atoms with Crippen LogP contribution in [0.4, 0.5) is 0 Å². The highest BCUT2D eigenvalue weighted by Crippen LogP contribution is 2.45. The third kappa shape index (κ3) is 6.97. The normalized spacial score (nSPS) is 29.0. The second-order valence-corrected chi connectivity index (χ2v) is 17.7. The Bertz CT molecular complexity index is 925. The van der Waals surface area contributed by atoms with Crippen LogP contribution in [0, 0.1) is 0 Å². The van der Waals surface area contributed by atoms with Crippen LogP contribution in [0.3, 0.4) is 0 Å². The number of rotatable bonds is 9. The largest absolute Gasteiger partial charge is 0.462 e. The van der Waals surface area contributed by atoms with Gasteiger partial charge in [-0.3, -0.25) is 8.98 Å². The summed E-state index contributed by atoms with van der Waals surface area (Å²) in [4.78, 5) is 14.8. The molecule has 2 aliphatic heterocycles. The third-order valence-corrected chi connectivity index (χ3v) is 12.6. The van der Waals surface area contributed by atoms with Gasteiger partial charge in [-0.2, -0.15) is 8.42 Å². The van der Waals surface area contributed by atoms with Crippen LogP contribution < -0.4 is 0 Å². The Kier molecular flexibility index (Phi) is 8.63. The van der Waals surface area contributed by atoms with Crippen LogP contribution >= 0.6 is 0 Å². The Labute approximate surface area is 209 Å². The van der Waals surface area contributed by atoms with Crippen molar-refractivity contribution in [1.29, 1.82) is 0 Å². The molecule has 1 spiro atoms. The molecule has 0 unspecified atom stereocenters. The first-order valence-electron chi connectivity index (χ1n) is 12.3. The number of carbonyl (C=O) groups is 1. The number of nitrogens with zero attached hydrogens (tertiary/aromatic N) is 3. The Morgan fingerprint density at radius 1 is 1.20 bits per heavy atom. The fraction of sp³-hybridized carbons (Fsp3) is 0.955. The van der Waals surface area contributed by atoms with Gasteiger partial charge < -0.3 is 18.6 Å². The van der Waals surface area contributed by atoms with Crippen LogP contribution in [0.15, 0.2) is 5.11 Å². The van der Waals surface area contributed by atoms with Gasteiger partial charge in [0.05, 0.1) is 12.9 Å². The van der Waals surface area contributed by atoms with Crippen molar-refractivity contribution in [2.75, 3.05) is 12.9 Å². The second kappa shape index (κ2) is 10.6. The first kappa shape index (κ1) is 28.4. The first-order valence-corrected chi connectivity index (χ1v) is 17.0. The predicted molar refractivity (Wildman–Crippen MR) is 130 cm³/mol. The number of carbonyl (C=O) groups excluding carboxylic acids is 1. The van der Waals surface area contributed by atoms with E-state index >= 15 is 0 Å². The van der Waals surface area contributed by atoms with Gasteiger partial charge in [0.2, 0.25) is 0 Å². The van der Waals surface area contributed by atoms with Gasteiger partial charge >= 0.3 is 5.97 Å². The summed E-state index contributed by atoms with van der Waals surface area (Å²) in [5.41, 5.74) is 9.31. The molecule has 0 radical (unpaired) electrons. The van der Waals surface area contributed by atoms with Crippen LogP contribution in [-0.4, -0.2) is 71.8 Å². The van der Waals surface area contributed by atoms with Gasteiger partial charge in [-0.25, -0.2) is 0 Å². The van der Waals surface area contributed by atoms with E-state index in [0.29, 0.717) is 19.3 Å². The Balaban J connectivity index is 1.96. The number of ether oxygens (including phenoxy) is 3. The zero-order valence-electron chi connectivity index (χ0n) is 21.6. The standard InChI is InChI=1S/C22H39N3O8SSi/c1-21(2,3)35(5,6)29-14-16(33-34(4,27)28)19-20(32-22(31-19)12-8-7-9-13-22)18(24-25-23)15-10-11-17(26)30-15/h15-16,18-20H,7-14H2,1-6H3/t15-,16-,18+,19-,20+/m1/s1. The summed E-state index contributed by atoms with van der Waals surface area (Å²) in [5, 5.41) is 3.83. The molecule has 2 heterocycles. The van der Waals surface area contributed by atoms with Crippen LogP contribution in [0.2, 0.25) is 18.1 Å². The molecule has 200 valence electrons. The summed E-state index contributed by atoms with van der Waals surface area (Å²) in [7, 11) is -6.15. The summed E-state index contributed by atoms with van der Waals surface area (Å²) in [6, 6.07) is -0.892. The average molecular weight is 534 g/mol. The molecule has 3 aliphatic rings. The zero-order valence-corrected chi connectivity index (χ0v) is 23.4. The minimum atomic E-state index is -3.88. The van der Waals surface area contributed by atoms with Crippen molar-refractivity contribution in [3.05, 3.63) is 10.4 Å². The Hall–Kier alpha value is -1.21. The highest BCUT2D eigenvalue weighted by molar-refractivity contribution is 7.86. The highest BCUT2D eigenvalue weighted by atomic mass is 32.2. The molecule has 5 atom stereocenters. The number of esters is 1. The van der Waals surface area contributed by atoms with E-state index in [9.17, 15) is 18.7 Å². The quantitative estimate of drug-likeness (QED) is 0.107. The summed E-state index contributed by atoms with van der Waals surface area (Å²) in [6.07, 6.45) is 2.17. The van der Waals surface area contributed by atoms with Gasteiger partial charge in [0, 0.05) is 24.2 Å². The number of hydrogen-bond donors (Lipinski definition) is 0. The molecule has 2 saturated heterocycles. The van der Waals surface area contributed by atoms with E-state index in [0.717, 1.165) is 25.5 Å². The van der Waals surface area contributed by atoms with Crippen LogP contribution in [0.25, 0.3) is 10.4 Å². The van der Waals surface area contributed by atoms with Crippen LogP contribution in [0.1, 0.15) is 65.7 Å². The summed E-state index contributed by atoms with van der Waals surface area (Å²) in [6.45, 7) is 10.4. The van der Waals surface area contributed by atoms with E-state index in [4.69, 9.17) is 22.8 Å². The van der Waals surface area contributed by atoms with Crippen molar-refractivity contribution in [2.24, 2.45) is 5.11 Å². The lowest BCUT2D eigenvalue weighted by atomic mass is 9.94. The van der Waals surface area contributed by atoms with Crippen molar-refractivity contribution >= 4 is 24.4 Å². The maximum atomic E-state index is 12.3. The molecule has 0 aromatic heterocycles. The molecule has 0 N–H and O–H groups in total. The summed E-state index contributed by atoms with van der Waals surface area (Å²) >= 11 is 0. The Morgan fingerprint density at radius 2 is 1.83 bits per heavy atom. The maximum absolute atomic E-state index is 12.3. The molecule has 3 rings (SSSR count). The van der Waals surface area contributed by atoms with Crippen molar-refractivity contribution in [3.63, 3.8) is 0 Å². The first-order chi connectivity index (χ1) is 16.2. The van der Waals surface area contributed by atoms with Gasteiger partial charge in [-0.05, 0) is 42.9 Å². The van der Waals surface area contributed by atoms with E-state index in [1.165, 1.54) is 0 Å². The average Bonchev–Trinajstić information content (AvgIpc) is 3.32. The molecule has 3 fully saturated rings. The molecule has 11 nitrogen and oxygen atoms in total. The third-order valence-electron chi connectivity index (χ3n) is 7.54. The number of azide groups is 1. The topological polar surface area (TPSA) is 146 Å². The van der Waals surface area contributed by atoms with E-state index in [1.807, 2.05) is 0 Å². The molecular formula is C22H39N3O8SSi. The molecule has 35 heavy (non-hydrogen) atoms. The van der Waals surface area contributed by atoms with Crippen molar-refractivity contribution in [1.82, 2.24) is 0 Å². The smallest absolute Gasteiger partial charge is 0.306 e. The van der Waals surface area contributed by atoms with Gasteiger partial charge in [0.15, 0.2) is 14.1 Å². The molecule has 1 aliphatic carbocycles. The van der Waals surface area contributed by atoms with Gasteiger partial charge in [0.25, 0.3) is 10.1 Å². The lowest BCUT2D eigenvalue weighted by Gasteiger charge is -2.38. The van der Waals surface area contributed by atoms with E-state index in [2.05, 4.69) is 43.9 Å². The van der Waals surface area contributed by atoms with Crippen LogP contribution in [-0.2, 0) is 37.7 Å². The number of cyclic esters (lactones) is 1. The SMILES string of the molecule is CC(C)(C)[Si](C)(C)OC[C@@H](OS(C)(=O)=O)[C@H]1OC2(CCCCC2)O[C@H]1[C@@H](N=[N+]=[N-])[C@H]1CCC(=O)O1. The molecule has 0 aromatic rings. The number of hydrogen-bond acceptors (Lipinski definition) is 9. The minimum Gasteiger partial charge on any atom is -0.462 e. The second-order valence-electron chi connectivity index (χ2n) is 11.3. The minimum absolute atomic E-state index is 0.0301. The molecule has 0 aromatic carbocycles. The molecule has 1 saturated carbocycles. The fourth-order valence-corrected chi connectivity index (χ4v) is 6.27. The van der Waals surface area contributed by atoms with E-state index < -0.39 is 54.7 Å².